The Kier molecular flexibility index (Phi) is 15.0. The molecule has 8 nitrogen and oxygen atoms in total. The number of hydrogen-bond donors (Lipinski definition) is 5. The highest BCUT2D eigenvalue weighted by Gasteiger charge is 2.15. The third-order valence-corrected chi connectivity index (χ3v) is 5.84. The van der Waals surface area contributed by atoms with E-state index in [0.717, 1.165) is 53.6 Å². The van der Waals surface area contributed by atoms with Gasteiger partial charge in [0.2, 0.25) is 0 Å². The maximum absolute atomic E-state index is 13.0. The smallest absolute Gasteiger partial charge is 0.319 e. The standard InChI is InChI=1S/C28H32N6O2.3ClH/c1-29-18-19-30-25-21-12-5-6-15-24(21)34-26-22(25)13-9-14-23(26)27(35)31-16-7-8-17-32-28(36)33-20-10-3-2-4-11-20;;;/h2-6,9-15,29H,7-8,16-19H2,1H3,(H,30,34)(H,31,35)(H2,32,33,36);3*1H. The van der Waals surface area contributed by atoms with Gasteiger partial charge in [-0.05, 0) is 44.2 Å². The second-order valence-corrected chi connectivity index (χ2v) is 8.45. The Morgan fingerprint density at radius 2 is 1.38 bits per heavy atom. The molecule has 0 fully saturated rings. The largest absolute Gasteiger partial charge is 0.383 e. The van der Waals surface area contributed by atoms with Crippen LogP contribution in [0.2, 0.25) is 0 Å². The van der Waals surface area contributed by atoms with Crippen molar-refractivity contribution in [2.24, 2.45) is 0 Å². The molecule has 0 radical (unpaired) electrons. The zero-order chi connectivity index (χ0) is 25.2. The molecule has 39 heavy (non-hydrogen) atoms. The van der Waals surface area contributed by atoms with Crippen LogP contribution in [0.4, 0.5) is 16.2 Å². The lowest BCUT2D eigenvalue weighted by atomic mass is 10.0. The summed E-state index contributed by atoms with van der Waals surface area (Å²) in [4.78, 5) is 29.8. The van der Waals surface area contributed by atoms with Crippen molar-refractivity contribution in [1.29, 1.82) is 0 Å². The van der Waals surface area contributed by atoms with Crippen LogP contribution in [0.1, 0.15) is 23.2 Å². The maximum atomic E-state index is 13.0. The average molecular weight is 594 g/mol. The molecule has 0 aliphatic heterocycles. The normalized spacial score (nSPS) is 9.97. The molecule has 0 bridgehead atoms. The number of para-hydroxylation sites is 3. The fourth-order valence-electron chi connectivity index (χ4n) is 4.05. The zero-order valence-electron chi connectivity index (χ0n) is 21.7. The van der Waals surface area contributed by atoms with Gasteiger partial charge >= 0.3 is 6.03 Å². The van der Waals surface area contributed by atoms with Crippen LogP contribution < -0.4 is 26.6 Å². The number of aromatic nitrogens is 1. The lowest BCUT2D eigenvalue weighted by Gasteiger charge is -2.15. The Morgan fingerprint density at radius 3 is 2.13 bits per heavy atom. The van der Waals surface area contributed by atoms with E-state index >= 15 is 0 Å². The lowest BCUT2D eigenvalue weighted by molar-refractivity contribution is 0.0954. The van der Waals surface area contributed by atoms with E-state index in [4.69, 9.17) is 4.98 Å². The van der Waals surface area contributed by atoms with Gasteiger partial charge in [0, 0.05) is 42.6 Å². The fraction of sp³-hybridized carbons (Fsp3) is 0.250. The average Bonchev–Trinajstić information content (AvgIpc) is 2.90. The van der Waals surface area contributed by atoms with E-state index in [1.807, 2.05) is 79.8 Å². The maximum Gasteiger partial charge on any atom is 0.319 e. The highest BCUT2D eigenvalue weighted by molar-refractivity contribution is 6.14. The first-order valence-corrected chi connectivity index (χ1v) is 12.3. The Bertz CT molecular complexity index is 1340. The molecule has 0 unspecified atom stereocenters. The van der Waals surface area contributed by atoms with Gasteiger partial charge in [0.1, 0.15) is 0 Å². The van der Waals surface area contributed by atoms with Crippen molar-refractivity contribution in [1.82, 2.24) is 20.9 Å². The van der Waals surface area contributed by atoms with Gasteiger partial charge in [-0.3, -0.25) is 4.79 Å². The summed E-state index contributed by atoms with van der Waals surface area (Å²) in [5.74, 6) is -0.153. The first-order valence-electron chi connectivity index (χ1n) is 12.3. The van der Waals surface area contributed by atoms with E-state index in [0.29, 0.717) is 24.2 Å². The van der Waals surface area contributed by atoms with E-state index < -0.39 is 0 Å². The SMILES string of the molecule is CNCCNc1c2ccccc2nc2c(C(=O)NCCCCNC(=O)Nc3ccccc3)cccc12.Cl.Cl.Cl. The van der Waals surface area contributed by atoms with E-state index in [1.54, 1.807) is 0 Å². The quantitative estimate of drug-likeness (QED) is 0.115. The van der Waals surface area contributed by atoms with Crippen LogP contribution >= 0.6 is 37.2 Å². The Labute approximate surface area is 247 Å². The highest BCUT2D eigenvalue weighted by Crippen LogP contribution is 2.32. The molecule has 210 valence electrons. The predicted molar refractivity (Wildman–Crippen MR) is 168 cm³/mol. The van der Waals surface area contributed by atoms with Crippen molar-refractivity contribution in [2.45, 2.75) is 12.8 Å². The summed E-state index contributed by atoms with van der Waals surface area (Å²) in [6.07, 6.45) is 1.50. The van der Waals surface area contributed by atoms with E-state index in [-0.39, 0.29) is 49.2 Å². The summed E-state index contributed by atoms with van der Waals surface area (Å²) in [7, 11) is 1.92. The number of hydrogen-bond acceptors (Lipinski definition) is 5. The van der Waals surface area contributed by atoms with Crippen LogP contribution in [0, 0.1) is 0 Å². The van der Waals surface area contributed by atoms with Crippen LogP contribution in [0.3, 0.4) is 0 Å². The fourth-order valence-corrected chi connectivity index (χ4v) is 4.05. The number of fused-ring (bicyclic) bond motifs is 2. The van der Waals surface area contributed by atoms with Gasteiger partial charge in [0.25, 0.3) is 5.91 Å². The number of nitrogens with one attached hydrogen (secondary N) is 5. The summed E-state index contributed by atoms with van der Waals surface area (Å²) >= 11 is 0. The molecular formula is C28H35Cl3N6O2. The molecule has 0 spiro atoms. The number of benzene rings is 3. The minimum absolute atomic E-state index is 0. The molecular weight excluding hydrogens is 559 g/mol. The monoisotopic (exact) mass is 592 g/mol. The van der Waals surface area contributed by atoms with Crippen molar-refractivity contribution in [3.8, 4) is 0 Å². The molecule has 5 N–H and O–H groups in total. The van der Waals surface area contributed by atoms with E-state index in [1.165, 1.54) is 0 Å². The van der Waals surface area contributed by atoms with E-state index in [9.17, 15) is 9.59 Å². The number of carbonyl (C=O) groups is 2. The van der Waals surface area contributed by atoms with Crippen molar-refractivity contribution < 1.29 is 9.59 Å². The number of anilines is 2. The van der Waals surface area contributed by atoms with Gasteiger partial charge < -0.3 is 26.6 Å². The Balaban J connectivity index is 0.00000253. The predicted octanol–water partition coefficient (Wildman–Crippen LogP) is 5.62. The van der Waals surface area contributed by atoms with Crippen molar-refractivity contribution in [2.75, 3.05) is 43.9 Å². The van der Waals surface area contributed by atoms with Gasteiger partial charge in [-0.2, -0.15) is 0 Å². The Morgan fingerprint density at radius 1 is 0.718 bits per heavy atom. The lowest BCUT2D eigenvalue weighted by Crippen LogP contribution is -2.30. The van der Waals surface area contributed by atoms with Crippen molar-refractivity contribution in [3.05, 3.63) is 78.4 Å². The minimum atomic E-state index is -0.238. The third kappa shape index (κ3) is 9.14. The topological polar surface area (TPSA) is 107 Å². The van der Waals surface area contributed by atoms with Gasteiger partial charge in [-0.25, -0.2) is 9.78 Å². The second-order valence-electron chi connectivity index (χ2n) is 8.45. The van der Waals surface area contributed by atoms with E-state index in [2.05, 4.69) is 26.6 Å². The summed E-state index contributed by atoms with van der Waals surface area (Å²) in [5, 5.41) is 17.2. The van der Waals surface area contributed by atoms with Crippen LogP contribution in [-0.4, -0.2) is 50.1 Å². The molecule has 3 amide bonds. The number of urea groups is 1. The third-order valence-electron chi connectivity index (χ3n) is 5.84. The minimum Gasteiger partial charge on any atom is -0.383 e. The molecule has 0 saturated carbocycles. The first kappa shape index (κ1) is 33.7. The number of unbranched alkanes of at least 4 members (excludes halogenated alkanes) is 1. The molecule has 1 aromatic heterocycles. The summed E-state index contributed by atoms with van der Waals surface area (Å²) < 4.78 is 0. The number of likely N-dealkylation sites (N-methyl/N-ethyl adjacent to an activating group) is 1. The number of pyridine rings is 1. The Hall–Kier alpha value is -3.30. The van der Waals surface area contributed by atoms with Crippen molar-refractivity contribution >= 4 is 82.3 Å². The van der Waals surface area contributed by atoms with Gasteiger partial charge in [0.15, 0.2) is 0 Å². The summed E-state index contributed by atoms with van der Waals surface area (Å²) in [6.45, 7) is 2.62. The molecule has 0 saturated heterocycles. The zero-order valence-corrected chi connectivity index (χ0v) is 24.1. The molecule has 0 atom stereocenters. The van der Waals surface area contributed by atoms with Crippen LogP contribution in [0.15, 0.2) is 72.8 Å². The molecule has 11 heteroatoms. The molecule has 4 aromatic rings. The molecule has 1 heterocycles. The number of amides is 3. The van der Waals surface area contributed by atoms with Crippen LogP contribution in [-0.2, 0) is 0 Å². The number of nitrogens with zero attached hydrogens (tertiary/aromatic N) is 1. The summed E-state index contributed by atoms with van der Waals surface area (Å²) in [5.41, 5.74) is 3.81. The van der Waals surface area contributed by atoms with Gasteiger partial charge in [0.05, 0.1) is 22.3 Å². The number of rotatable bonds is 11. The molecule has 4 rings (SSSR count). The van der Waals surface area contributed by atoms with Crippen LogP contribution in [0.5, 0.6) is 0 Å². The number of carbonyl (C=O) groups excluding carboxylic acids is 2. The van der Waals surface area contributed by atoms with Gasteiger partial charge in [-0.1, -0.05) is 48.5 Å². The van der Waals surface area contributed by atoms with Crippen LogP contribution in [0.25, 0.3) is 21.8 Å². The second kappa shape index (κ2) is 17.3. The molecule has 3 aromatic carbocycles. The van der Waals surface area contributed by atoms with Crippen molar-refractivity contribution in [3.63, 3.8) is 0 Å². The molecule has 0 aliphatic carbocycles. The summed E-state index contributed by atoms with van der Waals surface area (Å²) in [6, 6.07) is 22.7. The first-order chi connectivity index (χ1) is 17.7. The highest BCUT2D eigenvalue weighted by atomic mass is 35.5. The van der Waals surface area contributed by atoms with Gasteiger partial charge in [-0.15, -0.1) is 37.2 Å². The number of halogens is 3. The molecule has 0 aliphatic rings.